The number of nitrogens with zero attached hydrogens (tertiary/aromatic N) is 1. The van der Waals surface area contributed by atoms with E-state index in [0.29, 0.717) is 5.57 Å². The van der Waals surface area contributed by atoms with Gasteiger partial charge in [0.25, 0.3) is 0 Å². The topological polar surface area (TPSA) is 43.1 Å². The number of hydrogen-bond donors (Lipinski definition) is 1. The van der Waals surface area contributed by atoms with Gasteiger partial charge in [-0.25, -0.2) is 0 Å². The van der Waals surface area contributed by atoms with Gasteiger partial charge in [-0.15, -0.1) is 11.6 Å². The summed E-state index contributed by atoms with van der Waals surface area (Å²) in [6.45, 7) is 9.67. The molecule has 0 saturated carbocycles. The Kier molecular flexibility index (Phi) is 19.5. The second-order valence-corrected chi connectivity index (χ2v) is 8.13. The van der Waals surface area contributed by atoms with Crippen LogP contribution < -0.4 is 5.73 Å². The maximum absolute atomic E-state index is 9.82. The predicted octanol–water partition coefficient (Wildman–Crippen LogP) is 5.66. The Morgan fingerprint density at radius 2 is 1.24 bits per heavy atom. The molecule has 0 atom stereocenters. The van der Waals surface area contributed by atoms with Crippen LogP contribution in [0.5, 0.6) is 0 Å². The van der Waals surface area contributed by atoms with Gasteiger partial charge < -0.3 is 10.2 Å². The molecule has 0 saturated heterocycles. The number of amides is 1. The molecule has 2 N–H and O–H groups in total. The molecule has 0 aromatic rings. The van der Waals surface area contributed by atoms with E-state index >= 15 is 0 Å². The van der Waals surface area contributed by atoms with Gasteiger partial charge in [0.05, 0.1) is 27.2 Å². The van der Waals surface area contributed by atoms with Crippen molar-refractivity contribution in [2.24, 2.45) is 5.73 Å². The van der Waals surface area contributed by atoms with Crippen LogP contribution in [-0.4, -0.2) is 43.5 Å². The molecule has 3 nitrogen and oxygen atoms in total. The number of alkyl halides is 1. The number of carbonyl (C=O) groups excluding carboxylic acids is 1. The molecule has 150 valence electrons. The van der Waals surface area contributed by atoms with Crippen LogP contribution in [0.4, 0.5) is 0 Å². The third kappa shape index (κ3) is 23.5. The van der Waals surface area contributed by atoms with Gasteiger partial charge >= 0.3 is 0 Å². The molecule has 25 heavy (non-hydrogen) atoms. The molecule has 0 heterocycles. The lowest BCUT2D eigenvalue weighted by molar-refractivity contribution is -0.890. The zero-order valence-electron chi connectivity index (χ0n) is 17.4. The van der Waals surface area contributed by atoms with Crippen molar-refractivity contribution in [2.45, 2.75) is 84.5 Å². The number of nitrogens with two attached hydrogens (primary N) is 1. The van der Waals surface area contributed by atoms with E-state index in [4.69, 9.17) is 17.3 Å². The molecule has 4 heteroatoms. The number of halogens is 1. The van der Waals surface area contributed by atoms with E-state index in [2.05, 4.69) is 27.6 Å². The van der Waals surface area contributed by atoms with Crippen LogP contribution in [-0.2, 0) is 4.79 Å². The summed E-state index contributed by atoms with van der Waals surface area (Å²) in [5.74, 6) is 0.370. The minimum Gasteiger partial charge on any atom is -0.366 e. The van der Waals surface area contributed by atoms with E-state index in [9.17, 15) is 4.79 Å². The van der Waals surface area contributed by atoms with Gasteiger partial charge in [0.1, 0.15) is 0 Å². The first-order valence-electron chi connectivity index (χ1n) is 10.1. The first-order chi connectivity index (χ1) is 11.8. The minimum absolute atomic E-state index is 0.398. The monoisotopic (exact) mass is 375 g/mol. The fourth-order valence-corrected chi connectivity index (χ4v) is 2.75. The predicted molar refractivity (Wildman–Crippen MR) is 113 cm³/mol. The zero-order valence-corrected chi connectivity index (χ0v) is 18.2. The number of hydrogen-bond acceptors (Lipinski definition) is 1. The Morgan fingerprint density at radius 1 is 0.880 bits per heavy atom. The summed E-state index contributed by atoms with van der Waals surface area (Å²) in [6, 6.07) is 0. The highest BCUT2D eigenvalue weighted by Crippen LogP contribution is 2.11. The molecule has 0 spiro atoms. The highest BCUT2D eigenvalue weighted by molar-refractivity contribution is 6.17. The Balaban J connectivity index is 0. The molecule has 0 aliphatic carbocycles. The van der Waals surface area contributed by atoms with Crippen molar-refractivity contribution >= 4 is 17.5 Å². The van der Waals surface area contributed by atoms with Crippen LogP contribution in [0.2, 0.25) is 0 Å². The Morgan fingerprint density at radius 3 is 1.60 bits per heavy atom. The summed E-state index contributed by atoms with van der Waals surface area (Å²) in [7, 11) is 4.67. The molecule has 0 radical (unpaired) electrons. The van der Waals surface area contributed by atoms with E-state index in [-0.39, 0.29) is 0 Å². The SMILES string of the molecule is C=C(C)C(N)=O.CCCCCCCCCCCC[N+](C)(C)CCCCl. The minimum atomic E-state index is -0.435. The molecule has 1 amide bonds. The van der Waals surface area contributed by atoms with Gasteiger partial charge in [0.15, 0.2) is 0 Å². The van der Waals surface area contributed by atoms with Gasteiger partial charge in [-0.05, 0) is 19.8 Å². The summed E-state index contributed by atoms with van der Waals surface area (Å²) in [6.07, 6.45) is 15.4. The van der Waals surface area contributed by atoms with Gasteiger partial charge in [-0.3, -0.25) is 4.79 Å². The maximum Gasteiger partial charge on any atom is 0.243 e. The van der Waals surface area contributed by atoms with Crippen LogP contribution in [0.15, 0.2) is 12.2 Å². The van der Waals surface area contributed by atoms with E-state index in [1.165, 1.54) is 77.3 Å². The lowest BCUT2D eigenvalue weighted by Gasteiger charge is -2.29. The molecular formula is C21H44ClN2O+. The molecule has 0 aliphatic heterocycles. The van der Waals surface area contributed by atoms with Gasteiger partial charge in [-0.1, -0.05) is 64.9 Å². The second-order valence-electron chi connectivity index (χ2n) is 7.75. The van der Waals surface area contributed by atoms with Crippen molar-refractivity contribution in [1.82, 2.24) is 0 Å². The molecule has 0 rings (SSSR count). The van der Waals surface area contributed by atoms with E-state index in [1.807, 2.05) is 0 Å². The van der Waals surface area contributed by atoms with Crippen molar-refractivity contribution < 1.29 is 9.28 Å². The fraction of sp³-hybridized carbons (Fsp3) is 0.857. The maximum atomic E-state index is 9.82. The van der Waals surface area contributed by atoms with Crippen LogP contribution in [0.3, 0.4) is 0 Å². The van der Waals surface area contributed by atoms with E-state index in [1.54, 1.807) is 6.92 Å². The standard InChI is InChI=1S/C17H37ClN.C4H7NO/c1-4-5-6-7-8-9-10-11-12-13-16-19(2,3)17-14-15-18;1-3(2)4(5)6/h4-17H2,1-3H3;1H2,2H3,(H2,5,6)/q+1;. The third-order valence-electron chi connectivity index (χ3n) is 4.43. The normalized spacial score (nSPS) is 10.9. The van der Waals surface area contributed by atoms with Crippen molar-refractivity contribution in [3.05, 3.63) is 12.2 Å². The zero-order chi connectivity index (χ0) is 19.6. The Labute approximate surface area is 162 Å². The number of quaternary nitrogens is 1. The molecule has 0 unspecified atom stereocenters. The second kappa shape index (κ2) is 18.3. The number of carbonyl (C=O) groups is 1. The average Bonchev–Trinajstić information content (AvgIpc) is 2.55. The molecule has 0 aromatic carbocycles. The van der Waals surface area contributed by atoms with Gasteiger partial charge in [0, 0.05) is 17.9 Å². The summed E-state index contributed by atoms with van der Waals surface area (Å²) in [5.41, 5.74) is 5.09. The first kappa shape index (κ1) is 26.7. The summed E-state index contributed by atoms with van der Waals surface area (Å²) >= 11 is 5.76. The fourth-order valence-electron chi connectivity index (χ4n) is 2.63. The molecule has 0 aliphatic rings. The smallest absolute Gasteiger partial charge is 0.243 e. The average molecular weight is 376 g/mol. The van der Waals surface area contributed by atoms with Crippen LogP contribution in [0.25, 0.3) is 0 Å². The Hall–Kier alpha value is -0.540. The van der Waals surface area contributed by atoms with Gasteiger partial charge in [0.2, 0.25) is 5.91 Å². The largest absolute Gasteiger partial charge is 0.366 e. The first-order valence-corrected chi connectivity index (χ1v) is 10.6. The summed E-state index contributed by atoms with van der Waals surface area (Å²) in [4.78, 5) is 9.82. The number of primary amides is 1. The quantitative estimate of drug-likeness (QED) is 0.170. The molecule has 0 fully saturated rings. The van der Waals surface area contributed by atoms with E-state index < -0.39 is 5.91 Å². The van der Waals surface area contributed by atoms with Crippen LogP contribution >= 0.6 is 11.6 Å². The van der Waals surface area contributed by atoms with Crippen molar-refractivity contribution in [2.75, 3.05) is 33.1 Å². The summed E-state index contributed by atoms with van der Waals surface area (Å²) in [5, 5.41) is 0. The molecular weight excluding hydrogens is 332 g/mol. The van der Waals surface area contributed by atoms with Gasteiger partial charge in [-0.2, -0.15) is 0 Å². The number of rotatable bonds is 15. The highest BCUT2D eigenvalue weighted by Gasteiger charge is 2.12. The van der Waals surface area contributed by atoms with Crippen molar-refractivity contribution in [3.63, 3.8) is 0 Å². The van der Waals surface area contributed by atoms with Crippen molar-refractivity contribution in [1.29, 1.82) is 0 Å². The Bertz CT molecular complexity index is 318. The highest BCUT2D eigenvalue weighted by atomic mass is 35.5. The number of unbranched alkanes of at least 4 members (excludes halogenated alkanes) is 9. The van der Waals surface area contributed by atoms with E-state index in [0.717, 1.165) is 16.8 Å². The van der Waals surface area contributed by atoms with Crippen LogP contribution in [0.1, 0.15) is 84.5 Å². The van der Waals surface area contributed by atoms with Crippen molar-refractivity contribution in [3.8, 4) is 0 Å². The third-order valence-corrected chi connectivity index (χ3v) is 4.70. The van der Waals surface area contributed by atoms with Crippen LogP contribution in [0, 0.1) is 0 Å². The molecule has 0 bridgehead atoms. The molecule has 0 aromatic heterocycles. The summed E-state index contributed by atoms with van der Waals surface area (Å²) < 4.78 is 1.14. The lowest BCUT2D eigenvalue weighted by Crippen LogP contribution is -2.41. The lowest BCUT2D eigenvalue weighted by atomic mass is 10.1.